The van der Waals surface area contributed by atoms with Crippen molar-refractivity contribution in [1.29, 1.82) is 0 Å². The van der Waals surface area contributed by atoms with Gasteiger partial charge in [0.2, 0.25) is 5.82 Å². The van der Waals surface area contributed by atoms with Crippen LogP contribution in [0.25, 0.3) is 0 Å². The minimum atomic E-state index is -0.950. The second-order valence-corrected chi connectivity index (χ2v) is 2.66. The molecule has 0 unspecified atom stereocenters. The number of methoxy groups -OCH3 is 1. The van der Waals surface area contributed by atoms with E-state index in [1.165, 1.54) is 6.07 Å². The molecule has 82 valence electrons. The molecule has 0 fully saturated rings. The van der Waals surface area contributed by atoms with Crippen LogP contribution in [-0.4, -0.2) is 18.0 Å². The fourth-order valence-corrected chi connectivity index (χ4v) is 0.905. The molecule has 0 heterocycles. The Labute approximate surface area is 90.0 Å². The zero-order valence-corrected chi connectivity index (χ0v) is 8.19. The fraction of sp³-hybridized carbons (Fsp3) is 0.100. The predicted molar refractivity (Wildman–Crippen MR) is 51.9 cm³/mol. The minimum absolute atomic E-state index is 0.165. The molecule has 0 aliphatic carbocycles. The topological polar surface area (TPSA) is 69.4 Å². The fourth-order valence-electron chi connectivity index (χ4n) is 0.905. The molecule has 5 nitrogen and oxygen atoms in total. The molecule has 0 amide bonds. The van der Waals surface area contributed by atoms with Crippen LogP contribution in [0.3, 0.4) is 0 Å². The van der Waals surface area contributed by atoms with E-state index in [1.54, 1.807) is 0 Å². The third kappa shape index (κ3) is 2.78. The normalized spacial score (nSPS) is 8.88. The van der Waals surface area contributed by atoms with Gasteiger partial charge in [-0.15, -0.1) is 0 Å². The number of carbonyl (C=O) groups is 1. The zero-order chi connectivity index (χ0) is 12.1. The van der Waals surface area contributed by atoms with Gasteiger partial charge in [-0.05, 0) is 12.1 Å². The third-order valence-electron chi connectivity index (χ3n) is 1.64. The van der Waals surface area contributed by atoms with E-state index in [9.17, 15) is 19.3 Å². The number of hydrogen-bond acceptors (Lipinski definition) is 4. The predicted octanol–water partition coefficient (Wildman–Crippen LogP) is 1.26. The van der Waals surface area contributed by atoms with E-state index in [4.69, 9.17) is 0 Å². The molecule has 0 saturated carbocycles. The maximum absolute atomic E-state index is 12.9. The van der Waals surface area contributed by atoms with Crippen molar-refractivity contribution in [1.82, 2.24) is 0 Å². The van der Waals surface area contributed by atoms with Crippen LogP contribution in [-0.2, 0) is 9.53 Å². The van der Waals surface area contributed by atoms with Crippen molar-refractivity contribution in [3.05, 3.63) is 39.7 Å². The number of nitro groups is 1. The van der Waals surface area contributed by atoms with Crippen LogP contribution in [0, 0.1) is 27.8 Å². The highest BCUT2D eigenvalue weighted by Gasteiger charge is 2.13. The molecular weight excluding hydrogens is 217 g/mol. The standard InChI is InChI=1S/C10H6FNO4/c1-16-10(13)5-3-7-2-4-8(11)9(6-7)12(14)15/h2,4,6H,1H3. The van der Waals surface area contributed by atoms with Crippen LogP contribution < -0.4 is 0 Å². The Balaban J connectivity index is 3.07. The Morgan fingerprint density at radius 1 is 1.56 bits per heavy atom. The smallest absolute Gasteiger partial charge is 0.384 e. The van der Waals surface area contributed by atoms with Crippen molar-refractivity contribution in [2.45, 2.75) is 0 Å². The highest BCUT2D eigenvalue weighted by molar-refractivity contribution is 5.89. The molecule has 0 saturated heterocycles. The summed E-state index contributed by atoms with van der Waals surface area (Å²) in [4.78, 5) is 20.2. The SMILES string of the molecule is COC(=O)C#Cc1ccc(F)c([N+](=O)[O-])c1. The van der Waals surface area contributed by atoms with Gasteiger partial charge in [-0.3, -0.25) is 10.1 Å². The summed E-state index contributed by atoms with van der Waals surface area (Å²) in [6.45, 7) is 0. The summed E-state index contributed by atoms with van der Waals surface area (Å²) in [5, 5.41) is 10.4. The van der Waals surface area contributed by atoms with Gasteiger partial charge in [-0.25, -0.2) is 4.79 Å². The van der Waals surface area contributed by atoms with Gasteiger partial charge in [-0.2, -0.15) is 4.39 Å². The molecule has 0 bridgehead atoms. The van der Waals surface area contributed by atoms with Crippen molar-refractivity contribution in [3.63, 3.8) is 0 Å². The maximum atomic E-state index is 12.9. The Hall–Kier alpha value is -2.42. The maximum Gasteiger partial charge on any atom is 0.384 e. The van der Waals surface area contributed by atoms with Crippen molar-refractivity contribution in [2.24, 2.45) is 0 Å². The summed E-state index contributed by atoms with van der Waals surface area (Å²) in [7, 11) is 1.16. The van der Waals surface area contributed by atoms with E-state index < -0.39 is 22.4 Å². The van der Waals surface area contributed by atoms with Crippen molar-refractivity contribution in [2.75, 3.05) is 7.11 Å². The van der Waals surface area contributed by atoms with Crippen LogP contribution in [0.2, 0.25) is 0 Å². The van der Waals surface area contributed by atoms with Crippen molar-refractivity contribution in [3.8, 4) is 11.8 Å². The Kier molecular flexibility index (Phi) is 3.56. The number of esters is 1. The number of nitro benzene ring substituents is 1. The minimum Gasteiger partial charge on any atom is -0.459 e. The van der Waals surface area contributed by atoms with Gasteiger partial charge in [0.15, 0.2) is 0 Å². The number of ether oxygens (including phenoxy) is 1. The van der Waals surface area contributed by atoms with Crippen molar-refractivity contribution >= 4 is 11.7 Å². The van der Waals surface area contributed by atoms with E-state index in [2.05, 4.69) is 16.6 Å². The Bertz CT molecular complexity index is 501. The Morgan fingerprint density at radius 3 is 2.81 bits per heavy atom. The number of halogens is 1. The van der Waals surface area contributed by atoms with E-state index >= 15 is 0 Å². The lowest BCUT2D eigenvalue weighted by molar-refractivity contribution is -0.387. The lowest BCUT2D eigenvalue weighted by Crippen LogP contribution is -1.95. The van der Waals surface area contributed by atoms with Crippen LogP contribution in [0.5, 0.6) is 0 Å². The van der Waals surface area contributed by atoms with E-state index in [1.807, 2.05) is 0 Å². The molecule has 1 aromatic rings. The molecule has 0 radical (unpaired) electrons. The molecule has 1 aromatic carbocycles. The summed E-state index contributed by atoms with van der Waals surface area (Å²) in [6.07, 6.45) is 0. The van der Waals surface area contributed by atoms with Crippen molar-refractivity contribution < 1.29 is 18.8 Å². The quantitative estimate of drug-likeness (QED) is 0.311. The summed E-state index contributed by atoms with van der Waals surface area (Å²) in [5.74, 6) is 2.68. The first kappa shape index (κ1) is 11.7. The summed E-state index contributed by atoms with van der Waals surface area (Å²) in [5.41, 5.74) is -0.518. The van der Waals surface area contributed by atoms with E-state index in [0.29, 0.717) is 0 Å². The number of benzene rings is 1. The van der Waals surface area contributed by atoms with Gasteiger partial charge in [-0.1, -0.05) is 5.92 Å². The van der Waals surface area contributed by atoms with Crippen LogP contribution in [0.15, 0.2) is 18.2 Å². The average molecular weight is 223 g/mol. The lowest BCUT2D eigenvalue weighted by Gasteiger charge is -1.94. The van der Waals surface area contributed by atoms with Gasteiger partial charge in [0, 0.05) is 17.6 Å². The first-order valence-electron chi connectivity index (χ1n) is 4.08. The number of hydrogen-bond donors (Lipinski definition) is 0. The van der Waals surface area contributed by atoms with E-state index in [-0.39, 0.29) is 5.56 Å². The highest BCUT2D eigenvalue weighted by Crippen LogP contribution is 2.17. The van der Waals surface area contributed by atoms with E-state index in [0.717, 1.165) is 19.2 Å². The summed E-state index contributed by atoms with van der Waals surface area (Å²) < 4.78 is 17.2. The van der Waals surface area contributed by atoms with Gasteiger partial charge in [0.1, 0.15) is 0 Å². The number of nitrogens with zero attached hydrogens (tertiary/aromatic N) is 1. The number of carbonyl (C=O) groups excluding carboxylic acids is 1. The van der Waals surface area contributed by atoms with Crippen LogP contribution >= 0.6 is 0 Å². The molecular formula is C10H6FNO4. The monoisotopic (exact) mass is 223 g/mol. The molecule has 0 aliphatic rings. The van der Waals surface area contributed by atoms with Gasteiger partial charge >= 0.3 is 11.7 Å². The first-order chi connectivity index (χ1) is 7.54. The zero-order valence-electron chi connectivity index (χ0n) is 8.19. The third-order valence-corrected chi connectivity index (χ3v) is 1.64. The number of rotatable bonds is 1. The summed E-state index contributed by atoms with van der Waals surface area (Å²) in [6, 6.07) is 3.10. The highest BCUT2D eigenvalue weighted by atomic mass is 19.1. The van der Waals surface area contributed by atoms with Gasteiger partial charge in [0.25, 0.3) is 0 Å². The lowest BCUT2D eigenvalue weighted by atomic mass is 10.2. The second-order valence-electron chi connectivity index (χ2n) is 2.66. The summed E-state index contributed by atoms with van der Waals surface area (Å²) >= 11 is 0. The van der Waals surface area contributed by atoms with Gasteiger partial charge in [0.05, 0.1) is 12.0 Å². The molecule has 0 N–H and O–H groups in total. The average Bonchev–Trinajstić information content (AvgIpc) is 2.27. The largest absolute Gasteiger partial charge is 0.459 e. The Morgan fingerprint density at radius 2 is 2.25 bits per heavy atom. The second kappa shape index (κ2) is 4.89. The molecule has 0 spiro atoms. The molecule has 16 heavy (non-hydrogen) atoms. The molecule has 6 heteroatoms. The molecule has 1 rings (SSSR count). The molecule has 0 aromatic heterocycles. The first-order valence-corrected chi connectivity index (χ1v) is 4.08. The van der Waals surface area contributed by atoms with Crippen LogP contribution in [0.1, 0.15) is 5.56 Å². The molecule has 0 atom stereocenters. The molecule has 0 aliphatic heterocycles. The van der Waals surface area contributed by atoms with Crippen LogP contribution in [0.4, 0.5) is 10.1 Å². The van der Waals surface area contributed by atoms with Gasteiger partial charge < -0.3 is 4.74 Å².